The van der Waals surface area contributed by atoms with E-state index in [0.717, 1.165) is 6.07 Å². The summed E-state index contributed by atoms with van der Waals surface area (Å²) in [6.07, 6.45) is 0. The van der Waals surface area contributed by atoms with Crippen LogP contribution < -0.4 is 4.80 Å². The number of amides is 1. The summed E-state index contributed by atoms with van der Waals surface area (Å²) < 4.78 is 34.8. The highest BCUT2D eigenvalue weighted by Gasteiger charge is 2.12. The Balaban J connectivity index is 2.14. The lowest BCUT2D eigenvalue weighted by Crippen LogP contribution is -2.19. The number of aromatic nitrogens is 1. The van der Waals surface area contributed by atoms with Crippen LogP contribution >= 0.6 is 11.3 Å². The number of hydrogen-bond acceptors (Lipinski definition) is 3. The Labute approximate surface area is 140 Å². The van der Waals surface area contributed by atoms with Crippen molar-refractivity contribution < 1.29 is 18.3 Å². The molecule has 1 heterocycles. The lowest BCUT2D eigenvalue weighted by Gasteiger charge is -2.04. The standard InChI is InChI=1S/C17H14F2N2O2S/c1-23-9-8-21-15-13(19)6-3-7-14(15)24-17(21)20-16(22)11-4-2-5-12(18)10-11/h2-7,10H,8-9H2,1H3. The number of methoxy groups -OCH3 is 1. The van der Waals surface area contributed by atoms with Gasteiger partial charge in [-0.3, -0.25) is 4.79 Å². The van der Waals surface area contributed by atoms with Gasteiger partial charge in [0.2, 0.25) is 0 Å². The number of carbonyl (C=O) groups excluding carboxylic acids is 1. The maximum atomic E-state index is 14.2. The van der Waals surface area contributed by atoms with E-state index < -0.39 is 11.7 Å². The molecule has 0 aliphatic carbocycles. The number of rotatable bonds is 4. The fraction of sp³-hybridized carbons (Fsp3) is 0.176. The molecule has 24 heavy (non-hydrogen) atoms. The highest BCUT2D eigenvalue weighted by Crippen LogP contribution is 2.20. The Bertz CT molecular complexity index is 963. The number of fused-ring (bicyclic) bond motifs is 1. The zero-order chi connectivity index (χ0) is 17.1. The molecule has 1 amide bonds. The summed E-state index contributed by atoms with van der Waals surface area (Å²) in [5.41, 5.74) is 0.525. The highest BCUT2D eigenvalue weighted by molar-refractivity contribution is 7.16. The molecule has 0 bridgehead atoms. The Morgan fingerprint density at radius 3 is 2.79 bits per heavy atom. The van der Waals surface area contributed by atoms with Crippen molar-refractivity contribution in [2.24, 2.45) is 4.99 Å². The molecule has 4 nitrogen and oxygen atoms in total. The van der Waals surface area contributed by atoms with E-state index in [1.807, 2.05) is 0 Å². The van der Waals surface area contributed by atoms with Gasteiger partial charge in [0.15, 0.2) is 4.80 Å². The van der Waals surface area contributed by atoms with Crippen LogP contribution in [0.2, 0.25) is 0 Å². The van der Waals surface area contributed by atoms with Crippen LogP contribution in [-0.2, 0) is 11.3 Å². The van der Waals surface area contributed by atoms with Crippen molar-refractivity contribution in [3.05, 3.63) is 64.5 Å². The van der Waals surface area contributed by atoms with Gasteiger partial charge in [-0.25, -0.2) is 8.78 Å². The Morgan fingerprint density at radius 2 is 2.04 bits per heavy atom. The maximum absolute atomic E-state index is 14.2. The van der Waals surface area contributed by atoms with Crippen LogP contribution in [0.3, 0.4) is 0 Å². The average molecular weight is 348 g/mol. The maximum Gasteiger partial charge on any atom is 0.279 e. The minimum atomic E-state index is -0.576. The smallest absolute Gasteiger partial charge is 0.279 e. The molecule has 3 rings (SSSR count). The van der Waals surface area contributed by atoms with Crippen molar-refractivity contribution in [1.29, 1.82) is 0 Å². The van der Waals surface area contributed by atoms with Crippen molar-refractivity contribution in [3.63, 3.8) is 0 Å². The van der Waals surface area contributed by atoms with Gasteiger partial charge in [0, 0.05) is 19.2 Å². The van der Waals surface area contributed by atoms with E-state index in [9.17, 15) is 13.6 Å². The lowest BCUT2D eigenvalue weighted by molar-refractivity contribution is 0.0997. The van der Waals surface area contributed by atoms with Crippen molar-refractivity contribution in [3.8, 4) is 0 Å². The minimum Gasteiger partial charge on any atom is -0.383 e. The first kappa shape index (κ1) is 16.5. The molecule has 0 aliphatic rings. The monoisotopic (exact) mass is 348 g/mol. The van der Waals surface area contributed by atoms with Gasteiger partial charge in [-0.05, 0) is 30.3 Å². The quantitative estimate of drug-likeness (QED) is 0.726. The topological polar surface area (TPSA) is 43.6 Å². The fourth-order valence-corrected chi connectivity index (χ4v) is 3.40. The van der Waals surface area contributed by atoms with E-state index in [4.69, 9.17) is 4.74 Å². The van der Waals surface area contributed by atoms with Gasteiger partial charge in [-0.2, -0.15) is 4.99 Å². The van der Waals surface area contributed by atoms with Crippen molar-refractivity contribution in [2.45, 2.75) is 6.54 Å². The van der Waals surface area contributed by atoms with Crippen LogP contribution in [0.15, 0.2) is 47.5 Å². The van der Waals surface area contributed by atoms with Crippen molar-refractivity contribution in [1.82, 2.24) is 4.57 Å². The summed E-state index contributed by atoms with van der Waals surface area (Å²) >= 11 is 1.20. The summed E-state index contributed by atoms with van der Waals surface area (Å²) in [5, 5.41) is 0. The second-order valence-corrected chi connectivity index (χ2v) is 6.05. The first-order chi connectivity index (χ1) is 11.6. The summed E-state index contributed by atoms with van der Waals surface area (Å²) in [7, 11) is 1.54. The van der Waals surface area contributed by atoms with Crippen molar-refractivity contribution in [2.75, 3.05) is 13.7 Å². The Kier molecular flexibility index (Phi) is 4.82. The Hall–Kier alpha value is -2.38. The highest BCUT2D eigenvalue weighted by atomic mass is 32.1. The molecular formula is C17H14F2N2O2S. The fourth-order valence-electron chi connectivity index (χ4n) is 2.34. The van der Waals surface area contributed by atoms with Crippen LogP contribution in [0.5, 0.6) is 0 Å². The number of benzene rings is 2. The normalized spacial score (nSPS) is 12.0. The molecule has 0 saturated heterocycles. The van der Waals surface area contributed by atoms with Crippen LogP contribution in [-0.4, -0.2) is 24.2 Å². The van der Waals surface area contributed by atoms with Gasteiger partial charge in [-0.1, -0.05) is 23.5 Å². The molecule has 2 aromatic carbocycles. The number of carbonyl (C=O) groups is 1. The largest absolute Gasteiger partial charge is 0.383 e. The van der Waals surface area contributed by atoms with Crippen molar-refractivity contribution >= 4 is 27.5 Å². The molecule has 0 atom stereocenters. The van der Waals surface area contributed by atoms with E-state index in [1.54, 1.807) is 23.8 Å². The second-order valence-electron chi connectivity index (χ2n) is 5.04. The molecular weight excluding hydrogens is 334 g/mol. The molecule has 0 saturated carbocycles. The van der Waals surface area contributed by atoms with Gasteiger partial charge in [-0.15, -0.1) is 0 Å². The summed E-state index contributed by atoms with van der Waals surface area (Å²) in [6.45, 7) is 0.703. The Morgan fingerprint density at radius 1 is 1.25 bits per heavy atom. The number of hydrogen-bond donors (Lipinski definition) is 0. The first-order valence-corrected chi connectivity index (χ1v) is 8.03. The van der Waals surface area contributed by atoms with E-state index in [-0.39, 0.29) is 11.4 Å². The van der Waals surface area contributed by atoms with E-state index >= 15 is 0 Å². The third-order valence-electron chi connectivity index (χ3n) is 3.44. The van der Waals surface area contributed by atoms with Crippen LogP contribution in [0.4, 0.5) is 8.78 Å². The van der Waals surface area contributed by atoms with Crippen LogP contribution in [0.1, 0.15) is 10.4 Å². The second kappa shape index (κ2) is 7.02. The molecule has 0 radical (unpaired) electrons. The van der Waals surface area contributed by atoms with Gasteiger partial charge in [0.25, 0.3) is 5.91 Å². The van der Waals surface area contributed by atoms with E-state index in [1.165, 1.54) is 35.6 Å². The van der Waals surface area contributed by atoms with Crippen LogP contribution in [0.25, 0.3) is 10.2 Å². The summed E-state index contributed by atoms with van der Waals surface area (Å²) in [5.74, 6) is -1.47. The molecule has 3 aromatic rings. The first-order valence-electron chi connectivity index (χ1n) is 7.21. The van der Waals surface area contributed by atoms with Crippen LogP contribution in [0, 0.1) is 11.6 Å². The predicted octanol–water partition coefficient (Wildman–Crippen LogP) is 3.37. The average Bonchev–Trinajstić information content (AvgIpc) is 2.91. The molecule has 1 aromatic heterocycles. The zero-order valence-corrected chi connectivity index (χ0v) is 13.6. The van der Waals surface area contributed by atoms with Gasteiger partial charge in [0.05, 0.1) is 16.8 Å². The molecule has 0 fully saturated rings. The molecule has 0 spiro atoms. The number of para-hydroxylation sites is 1. The SMILES string of the molecule is COCCn1c(=NC(=O)c2cccc(F)c2)sc2cccc(F)c21. The lowest BCUT2D eigenvalue weighted by atomic mass is 10.2. The third-order valence-corrected chi connectivity index (χ3v) is 4.48. The molecule has 7 heteroatoms. The van der Waals surface area contributed by atoms with E-state index in [0.29, 0.717) is 28.2 Å². The predicted molar refractivity (Wildman–Crippen MR) is 87.9 cm³/mol. The van der Waals surface area contributed by atoms with Gasteiger partial charge < -0.3 is 9.30 Å². The molecule has 0 unspecified atom stereocenters. The van der Waals surface area contributed by atoms with E-state index in [2.05, 4.69) is 4.99 Å². The third kappa shape index (κ3) is 3.27. The van der Waals surface area contributed by atoms with Gasteiger partial charge >= 0.3 is 0 Å². The summed E-state index contributed by atoms with van der Waals surface area (Å²) in [4.78, 5) is 16.7. The summed E-state index contributed by atoms with van der Waals surface area (Å²) in [6, 6.07) is 10.0. The zero-order valence-electron chi connectivity index (χ0n) is 12.8. The number of ether oxygens (including phenoxy) is 1. The minimum absolute atomic E-state index is 0.145. The number of thiazole rings is 1. The number of halogens is 2. The number of nitrogens with zero attached hydrogens (tertiary/aromatic N) is 2. The molecule has 0 N–H and O–H groups in total. The van der Waals surface area contributed by atoms with Gasteiger partial charge in [0.1, 0.15) is 11.6 Å². The molecule has 124 valence electrons. The molecule has 0 aliphatic heterocycles.